The third kappa shape index (κ3) is 4.54. The van der Waals surface area contributed by atoms with Crippen molar-refractivity contribution < 1.29 is 14.3 Å². The molecule has 2 amide bonds. The van der Waals surface area contributed by atoms with Crippen molar-refractivity contribution >= 4 is 41.9 Å². The molecule has 1 atom stereocenters. The lowest BCUT2D eigenvalue weighted by Crippen LogP contribution is -2.59. The van der Waals surface area contributed by atoms with E-state index in [9.17, 15) is 9.59 Å². The van der Waals surface area contributed by atoms with Crippen LogP contribution in [0.2, 0.25) is 5.02 Å². The molecule has 0 radical (unpaired) electrons. The molecular weight excluding hydrogens is 336 g/mol. The van der Waals surface area contributed by atoms with Gasteiger partial charge in [0.2, 0.25) is 5.91 Å². The number of rotatable bonds is 2. The first-order chi connectivity index (χ1) is 10.7. The van der Waals surface area contributed by atoms with E-state index in [0.29, 0.717) is 17.3 Å². The third-order valence-corrected chi connectivity index (χ3v) is 4.06. The largest absolute Gasteiger partial charge is 0.444 e. The van der Waals surface area contributed by atoms with Crippen LogP contribution in [-0.2, 0) is 9.53 Å². The van der Waals surface area contributed by atoms with E-state index in [4.69, 9.17) is 16.3 Å². The monoisotopic (exact) mass is 356 g/mol. The molecule has 1 aliphatic rings. The molecule has 2 rings (SSSR count). The third-order valence-electron chi connectivity index (χ3n) is 3.40. The van der Waals surface area contributed by atoms with Gasteiger partial charge in [-0.15, -0.1) is 0 Å². The topological polar surface area (TPSA) is 49.9 Å². The second kappa shape index (κ2) is 7.01. The number of hydrogen-bond acceptors (Lipinski definition) is 4. The van der Waals surface area contributed by atoms with Crippen LogP contribution in [0.5, 0.6) is 0 Å². The van der Waals surface area contributed by atoms with E-state index in [-0.39, 0.29) is 18.5 Å². The molecule has 1 aliphatic heterocycles. The number of nitrogens with zero attached hydrogens (tertiary/aromatic N) is 2. The first-order valence-electron chi connectivity index (χ1n) is 7.37. The zero-order valence-corrected chi connectivity index (χ0v) is 15.1. The van der Waals surface area contributed by atoms with Gasteiger partial charge >= 0.3 is 6.09 Å². The smallest absolute Gasteiger partial charge is 0.411 e. The number of thiol groups is 1. The Kier molecular flexibility index (Phi) is 5.47. The average molecular weight is 357 g/mol. The summed E-state index contributed by atoms with van der Waals surface area (Å²) in [4.78, 5) is 27.8. The first-order valence-corrected chi connectivity index (χ1v) is 8.39. The summed E-state index contributed by atoms with van der Waals surface area (Å²) in [5.41, 5.74) is 0.115. The van der Waals surface area contributed by atoms with Gasteiger partial charge in [0.05, 0.1) is 6.04 Å². The van der Waals surface area contributed by atoms with Gasteiger partial charge in [-0.25, -0.2) is 4.79 Å². The maximum Gasteiger partial charge on any atom is 0.411 e. The van der Waals surface area contributed by atoms with Gasteiger partial charge in [0.25, 0.3) is 0 Å². The highest BCUT2D eigenvalue weighted by atomic mass is 35.5. The van der Waals surface area contributed by atoms with Crippen LogP contribution in [0.3, 0.4) is 0 Å². The second-order valence-electron chi connectivity index (χ2n) is 6.43. The van der Waals surface area contributed by atoms with Gasteiger partial charge in [0, 0.05) is 23.0 Å². The zero-order chi connectivity index (χ0) is 17.2. The molecule has 1 aromatic carbocycles. The molecule has 7 heteroatoms. The van der Waals surface area contributed by atoms with E-state index in [1.165, 1.54) is 4.90 Å². The maximum absolute atomic E-state index is 12.5. The molecule has 1 saturated heterocycles. The fraction of sp³-hybridized carbons (Fsp3) is 0.500. The lowest BCUT2D eigenvalue weighted by atomic mass is 10.1. The van der Waals surface area contributed by atoms with Crippen molar-refractivity contribution in [2.24, 2.45) is 0 Å². The van der Waals surface area contributed by atoms with Gasteiger partial charge in [0.1, 0.15) is 12.1 Å². The van der Waals surface area contributed by atoms with E-state index in [2.05, 4.69) is 12.6 Å². The van der Waals surface area contributed by atoms with Gasteiger partial charge in [-0.2, -0.15) is 12.6 Å². The number of benzene rings is 1. The van der Waals surface area contributed by atoms with Gasteiger partial charge in [-0.05, 0) is 39.0 Å². The van der Waals surface area contributed by atoms with Crippen LogP contribution in [0, 0.1) is 0 Å². The summed E-state index contributed by atoms with van der Waals surface area (Å²) in [7, 11) is 0. The van der Waals surface area contributed by atoms with Crippen LogP contribution in [0.15, 0.2) is 24.3 Å². The SMILES string of the molecule is CC(C)(C)OC(=O)N1CC(=O)N(c2cccc(Cl)c2)C[C@@H]1CS. The molecule has 1 fully saturated rings. The van der Waals surface area contributed by atoms with Gasteiger partial charge in [-0.1, -0.05) is 17.7 Å². The number of halogens is 1. The highest BCUT2D eigenvalue weighted by molar-refractivity contribution is 7.80. The minimum absolute atomic E-state index is 0.0351. The van der Waals surface area contributed by atoms with Crippen LogP contribution in [0.4, 0.5) is 10.5 Å². The minimum Gasteiger partial charge on any atom is -0.444 e. The van der Waals surface area contributed by atoms with Crippen molar-refractivity contribution in [2.45, 2.75) is 32.4 Å². The molecule has 1 heterocycles. The standard InChI is InChI=1S/C16H21ClN2O3S/c1-16(2,3)22-15(21)19-9-14(20)18(8-13(19)10-23)12-6-4-5-11(17)7-12/h4-7,13,23H,8-10H2,1-3H3/t13-/m1/s1. The number of ether oxygens (including phenoxy) is 1. The first kappa shape index (κ1) is 17.9. The number of carbonyl (C=O) groups is 2. The van der Waals surface area contributed by atoms with Crippen molar-refractivity contribution in [1.82, 2.24) is 4.90 Å². The number of anilines is 1. The van der Waals surface area contributed by atoms with Gasteiger partial charge in [-0.3, -0.25) is 9.69 Å². The highest BCUT2D eigenvalue weighted by Crippen LogP contribution is 2.24. The lowest BCUT2D eigenvalue weighted by molar-refractivity contribution is -0.122. The van der Waals surface area contributed by atoms with Crippen molar-refractivity contribution in [3.63, 3.8) is 0 Å². The number of piperazine rings is 1. The number of hydrogen-bond donors (Lipinski definition) is 1. The Morgan fingerprint density at radius 2 is 2.13 bits per heavy atom. The summed E-state index contributed by atoms with van der Waals surface area (Å²) in [6.07, 6.45) is -0.490. The molecule has 0 unspecified atom stereocenters. The molecule has 23 heavy (non-hydrogen) atoms. The predicted octanol–water partition coefficient (Wildman–Crippen LogP) is 3.22. The molecule has 0 spiro atoms. The van der Waals surface area contributed by atoms with Crippen LogP contribution in [-0.4, -0.2) is 47.4 Å². The Labute approximate surface area is 146 Å². The second-order valence-corrected chi connectivity index (χ2v) is 7.23. The molecule has 0 aliphatic carbocycles. The molecule has 1 aromatic rings. The summed E-state index contributed by atoms with van der Waals surface area (Å²) in [6.45, 7) is 5.72. The fourth-order valence-electron chi connectivity index (χ4n) is 2.36. The van der Waals surface area contributed by atoms with Crippen molar-refractivity contribution in [1.29, 1.82) is 0 Å². The van der Waals surface area contributed by atoms with Gasteiger partial charge < -0.3 is 9.64 Å². The normalized spacial score (nSPS) is 19.0. The molecule has 0 saturated carbocycles. The molecule has 0 N–H and O–H groups in total. The number of carbonyl (C=O) groups excluding carboxylic acids is 2. The Hall–Kier alpha value is -1.40. The van der Waals surface area contributed by atoms with Crippen LogP contribution < -0.4 is 4.90 Å². The fourth-order valence-corrected chi connectivity index (χ4v) is 2.85. The quantitative estimate of drug-likeness (QED) is 0.828. The van der Waals surface area contributed by atoms with Crippen LogP contribution in [0.25, 0.3) is 0 Å². The summed E-state index contributed by atoms with van der Waals surface area (Å²) in [6, 6.07) is 6.88. The van der Waals surface area contributed by atoms with E-state index in [0.717, 1.165) is 5.69 Å². The Bertz CT molecular complexity index is 603. The Morgan fingerprint density at radius 1 is 1.43 bits per heavy atom. The van der Waals surface area contributed by atoms with E-state index < -0.39 is 11.7 Å². The summed E-state index contributed by atoms with van der Waals surface area (Å²) < 4.78 is 5.38. The summed E-state index contributed by atoms with van der Waals surface area (Å²) in [5, 5.41) is 0.562. The van der Waals surface area contributed by atoms with Crippen molar-refractivity contribution in [3.05, 3.63) is 29.3 Å². The average Bonchev–Trinajstić information content (AvgIpc) is 2.45. The molecule has 126 valence electrons. The zero-order valence-electron chi connectivity index (χ0n) is 13.5. The maximum atomic E-state index is 12.5. The van der Waals surface area contributed by atoms with Crippen molar-refractivity contribution in [2.75, 3.05) is 23.7 Å². The Balaban J connectivity index is 2.18. The van der Waals surface area contributed by atoms with E-state index >= 15 is 0 Å². The van der Waals surface area contributed by atoms with Crippen LogP contribution in [0.1, 0.15) is 20.8 Å². The molecule has 5 nitrogen and oxygen atoms in total. The molecular formula is C16H21ClN2O3S. The highest BCUT2D eigenvalue weighted by Gasteiger charge is 2.37. The predicted molar refractivity (Wildman–Crippen MR) is 94.4 cm³/mol. The number of amides is 2. The van der Waals surface area contributed by atoms with Gasteiger partial charge in [0.15, 0.2) is 0 Å². The molecule has 0 aromatic heterocycles. The summed E-state index contributed by atoms with van der Waals surface area (Å²) in [5.74, 6) is 0.264. The lowest BCUT2D eigenvalue weighted by Gasteiger charge is -2.40. The van der Waals surface area contributed by atoms with E-state index in [1.54, 1.807) is 43.9 Å². The Morgan fingerprint density at radius 3 is 2.70 bits per heavy atom. The van der Waals surface area contributed by atoms with Crippen molar-refractivity contribution in [3.8, 4) is 0 Å². The van der Waals surface area contributed by atoms with Crippen LogP contribution >= 0.6 is 24.2 Å². The van der Waals surface area contributed by atoms with E-state index in [1.807, 2.05) is 6.07 Å². The minimum atomic E-state index is -0.606. The molecule has 0 bridgehead atoms. The summed E-state index contributed by atoms with van der Waals surface area (Å²) >= 11 is 10.3.